The molecule has 1 aromatic heterocycles. The Balaban J connectivity index is 2.28. The molecule has 0 saturated heterocycles. The summed E-state index contributed by atoms with van der Waals surface area (Å²) in [6, 6.07) is 1.69. The molecule has 0 aliphatic carbocycles. The van der Waals surface area contributed by atoms with E-state index < -0.39 is 28.8 Å². The number of aryl methyl sites for hydroxylation is 2. The van der Waals surface area contributed by atoms with E-state index in [4.69, 9.17) is 0 Å². The maximum atomic E-state index is 13.4. The average molecular weight is 285 g/mol. The van der Waals surface area contributed by atoms with Gasteiger partial charge in [0.25, 0.3) is 0 Å². The van der Waals surface area contributed by atoms with E-state index in [1.54, 1.807) is 6.92 Å². The molecule has 1 aromatic carbocycles. The third-order valence-electron chi connectivity index (χ3n) is 2.72. The number of thiazole rings is 1. The monoisotopic (exact) mass is 285 g/mol. The first kappa shape index (κ1) is 13.7. The second kappa shape index (κ2) is 5.13. The molecule has 19 heavy (non-hydrogen) atoms. The predicted molar refractivity (Wildman–Crippen MR) is 65.9 cm³/mol. The maximum Gasteiger partial charge on any atom is 0.195 e. The topological polar surface area (TPSA) is 30.0 Å². The molecule has 0 unspecified atom stereocenters. The van der Waals surface area contributed by atoms with Crippen molar-refractivity contribution in [3.63, 3.8) is 0 Å². The molecule has 0 radical (unpaired) electrons. The van der Waals surface area contributed by atoms with Gasteiger partial charge in [-0.25, -0.2) is 18.2 Å². The standard InChI is InChI=1S/C13H10F3NOS/c1-6-7(2)19-11(17-6)5-10(18)8-3-4-9(14)13(16)12(8)15/h3-4H,5H2,1-2H3. The summed E-state index contributed by atoms with van der Waals surface area (Å²) in [7, 11) is 0. The van der Waals surface area contributed by atoms with E-state index in [0.29, 0.717) is 5.01 Å². The SMILES string of the molecule is Cc1nc(CC(=O)c2ccc(F)c(F)c2F)sc1C. The summed E-state index contributed by atoms with van der Waals surface area (Å²) >= 11 is 1.33. The molecule has 2 nitrogen and oxygen atoms in total. The lowest BCUT2D eigenvalue weighted by Crippen LogP contribution is -2.08. The zero-order valence-electron chi connectivity index (χ0n) is 10.3. The first-order valence-corrected chi connectivity index (χ1v) is 6.31. The van der Waals surface area contributed by atoms with Crippen LogP contribution in [0.2, 0.25) is 0 Å². The molecule has 0 aliphatic rings. The average Bonchev–Trinajstić information content (AvgIpc) is 2.65. The largest absolute Gasteiger partial charge is 0.294 e. The first-order chi connectivity index (χ1) is 8.90. The Morgan fingerprint density at radius 2 is 1.89 bits per heavy atom. The third-order valence-corrected chi connectivity index (χ3v) is 3.79. The van der Waals surface area contributed by atoms with Gasteiger partial charge in [-0.2, -0.15) is 0 Å². The van der Waals surface area contributed by atoms with Crippen LogP contribution in [-0.2, 0) is 6.42 Å². The number of carbonyl (C=O) groups excluding carboxylic acids is 1. The highest BCUT2D eigenvalue weighted by molar-refractivity contribution is 7.11. The summed E-state index contributed by atoms with van der Waals surface area (Å²) in [5.41, 5.74) is 0.350. The van der Waals surface area contributed by atoms with Crippen molar-refractivity contribution in [3.8, 4) is 0 Å². The van der Waals surface area contributed by atoms with Gasteiger partial charge < -0.3 is 0 Å². The van der Waals surface area contributed by atoms with Crippen LogP contribution in [0.4, 0.5) is 13.2 Å². The number of aromatic nitrogens is 1. The van der Waals surface area contributed by atoms with E-state index in [9.17, 15) is 18.0 Å². The summed E-state index contributed by atoms with van der Waals surface area (Å²) in [5.74, 6) is -5.01. The number of halogens is 3. The highest BCUT2D eigenvalue weighted by Gasteiger charge is 2.20. The Hall–Kier alpha value is -1.69. The predicted octanol–water partition coefficient (Wildman–Crippen LogP) is 3.60. The Morgan fingerprint density at radius 3 is 2.47 bits per heavy atom. The summed E-state index contributed by atoms with van der Waals surface area (Å²) < 4.78 is 39.3. The molecule has 1 heterocycles. The Bertz CT molecular complexity index is 632. The summed E-state index contributed by atoms with van der Waals surface area (Å²) in [5, 5.41) is 0.532. The zero-order valence-corrected chi connectivity index (χ0v) is 11.1. The molecule has 0 aliphatic heterocycles. The summed E-state index contributed by atoms with van der Waals surface area (Å²) in [4.78, 5) is 17.0. The van der Waals surface area contributed by atoms with Crippen molar-refractivity contribution in [1.82, 2.24) is 4.98 Å². The zero-order chi connectivity index (χ0) is 14.2. The number of benzene rings is 1. The van der Waals surface area contributed by atoms with Crippen LogP contribution >= 0.6 is 11.3 Å². The van der Waals surface area contributed by atoms with Gasteiger partial charge in [0.15, 0.2) is 23.2 Å². The Labute approximate surface area is 111 Å². The molecule has 0 bridgehead atoms. The van der Waals surface area contributed by atoms with Crippen LogP contribution in [0, 0.1) is 31.3 Å². The van der Waals surface area contributed by atoms with Crippen molar-refractivity contribution in [3.05, 3.63) is 50.7 Å². The van der Waals surface area contributed by atoms with E-state index in [0.717, 1.165) is 22.7 Å². The van der Waals surface area contributed by atoms with Crippen LogP contribution in [0.1, 0.15) is 25.9 Å². The highest BCUT2D eigenvalue weighted by atomic mass is 32.1. The molecule has 6 heteroatoms. The van der Waals surface area contributed by atoms with E-state index in [1.807, 2.05) is 6.92 Å². The molecule has 2 aromatic rings. The van der Waals surface area contributed by atoms with E-state index in [2.05, 4.69) is 4.98 Å². The van der Waals surface area contributed by atoms with Gasteiger partial charge >= 0.3 is 0 Å². The smallest absolute Gasteiger partial charge is 0.195 e. The van der Waals surface area contributed by atoms with Crippen molar-refractivity contribution in [2.45, 2.75) is 20.3 Å². The number of carbonyl (C=O) groups is 1. The molecular weight excluding hydrogens is 275 g/mol. The molecular formula is C13H10F3NOS. The number of hydrogen-bond acceptors (Lipinski definition) is 3. The van der Waals surface area contributed by atoms with Gasteiger partial charge in [0.2, 0.25) is 0 Å². The van der Waals surface area contributed by atoms with Gasteiger partial charge in [0.05, 0.1) is 17.7 Å². The Kier molecular flexibility index (Phi) is 3.71. The fraction of sp³-hybridized carbons (Fsp3) is 0.231. The molecule has 0 N–H and O–H groups in total. The van der Waals surface area contributed by atoms with Gasteiger partial charge in [-0.15, -0.1) is 11.3 Å². The van der Waals surface area contributed by atoms with E-state index >= 15 is 0 Å². The van der Waals surface area contributed by atoms with Crippen molar-refractivity contribution in [2.75, 3.05) is 0 Å². The van der Waals surface area contributed by atoms with Crippen molar-refractivity contribution in [1.29, 1.82) is 0 Å². The molecule has 0 spiro atoms. The lowest BCUT2D eigenvalue weighted by atomic mass is 10.1. The maximum absolute atomic E-state index is 13.4. The van der Waals surface area contributed by atoms with Gasteiger partial charge in [0, 0.05) is 4.88 Å². The molecule has 2 rings (SSSR count). The normalized spacial score (nSPS) is 10.8. The number of nitrogens with zero attached hydrogens (tertiary/aromatic N) is 1. The van der Waals surface area contributed by atoms with Crippen LogP contribution < -0.4 is 0 Å². The van der Waals surface area contributed by atoms with Crippen LogP contribution in [0.5, 0.6) is 0 Å². The number of Topliss-reactive ketones (excluding diaryl/α,β-unsaturated/α-hetero) is 1. The lowest BCUT2D eigenvalue weighted by Gasteiger charge is -2.02. The number of rotatable bonds is 3. The molecule has 0 fully saturated rings. The van der Waals surface area contributed by atoms with Gasteiger partial charge in [0.1, 0.15) is 5.01 Å². The van der Waals surface area contributed by atoms with Crippen LogP contribution in [0.15, 0.2) is 12.1 Å². The van der Waals surface area contributed by atoms with Gasteiger partial charge in [-0.05, 0) is 26.0 Å². The lowest BCUT2D eigenvalue weighted by molar-refractivity contribution is 0.0988. The van der Waals surface area contributed by atoms with E-state index in [-0.39, 0.29) is 6.42 Å². The van der Waals surface area contributed by atoms with E-state index in [1.165, 1.54) is 11.3 Å². The van der Waals surface area contributed by atoms with Crippen molar-refractivity contribution < 1.29 is 18.0 Å². The molecule has 0 atom stereocenters. The second-order valence-electron chi connectivity index (χ2n) is 4.07. The number of ketones is 1. The minimum atomic E-state index is -1.63. The van der Waals surface area contributed by atoms with Crippen LogP contribution in [-0.4, -0.2) is 10.8 Å². The van der Waals surface area contributed by atoms with Crippen LogP contribution in [0.25, 0.3) is 0 Å². The minimum absolute atomic E-state index is 0.124. The fourth-order valence-corrected chi connectivity index (χ4v) is 2.52. The number of hydrogen-bond donors (Lipinski definition) is 0. The highest BCUT2D eigenvalue weighted by Crippen LogP contribution is 2.20. The van der Waals surface area contributed by atoms with Crippen molar-refractivity contribution in [2.24, 2.45) is 0 Å². The summed E-state index contributed by atoms with van der Waals surface area (Å²) in [6.07, 6.45) is -0.124. The van der Waals surface area contributed by atoms with Gasteiger partial charge in [-0.3, -0.25) is 4.79 Å². The quantitative estimate of drug-likeness (QED) is 0.637. The second-order valence-corrected chi connectivity index (χ2v) is 5.36. The van der Waals surface area contributed by atoms with Crippen LogP contribution in [0.3, 0.4) is 0 Å². The first-order valence-electron chi connectivity index (χ1n) is 5.49. The third kappa shape index (κ3) is 2.68. The summed E-state index contributed by atoms with van der Waals surface area (Å²) in [6.45, 7) is 3.66. The van der Waals surface area contributed by atoms with Crippen molar-refractivity contribution >= 4 is 17.1 Å². The minimum Gasteiger partial charge on any atom is -0.294 e. The van der Waals surface area contributed by atoms with Gasteiger partial charge in [-0.1, -0.05) is 0 Å². The Morgan fingerprint density at radius 1 is 1.21 bits per heavy atom. The molecule has 0 amide bonds. The molecule has 100 valence electrons. The molecule has 0 saturated carbocycles. The fourth-order valence-electron chi connectivity index (χ4n) is 1.59.